The number of phenols is 1. The first-order valence-corrected chi connectivity index (χ1v) is 18.6. The topological polar surface area (TPSA) is 116 Å². The molecule has 6 rings (SSSR count). The van der Waals surface area contributed by atoms with Gasteiger partial charge in [0.05, 0.1) is 44.2 Å². The maximum Gasteiger partial charge on any atom is 0.514 e. The molecular weight excluding hydrogens is 626 g/mol. The summed E-state index contributed by atoms with van der Waals surface area (Å²) in [6.45, 7) is 19.5. The zero-order valence-electron chi connectivity index (χ0n) is 31.4. The van der Waals surface area contributed by atoms with Gasteiger partial charge in [0.1, 0.15) is 6.61 Å². The number of aryl methyl sites for hydroxylation is 1. The third kappa shape index (κ3) is 7.25. The number of phenolic OH excluding ortho intramolecular Hbond substituents is 1. The largest absolute Gasteiger partial charge is 0.514 e. The van der Waals surface area contributed by atoms with E-state index in [4.69, 9.17) is 28.4 Å². The van der Waals surface area contributed by atoms with Gasteiger partial charge < -0.3 is 38.6 Å². The SMILES string of the molecule is CCOCCOCCOCCOC(=O)Oc1ccc(C)c(C23CCN(CC4CC4)C(C)[C@]24CC[C@](OC)(C3)C(C(C)(O)C(C)(C)C)C4)c1O. The molecule has 1 saturated heterocycles. The predicted molar refractivity (Wildman–Crippen MR) is 187 cm³/mol. The molecule has 278 valence electrons. The summed E-state index contributed by atoms with van der Waals surface area (Å²) in [5.74, 6) is 0.763. The molecule has 49 heavy (non-hydrogen) atoms. The zero-order valence-corrected chi connectivity index (χ0v) is 31.4. The van der Waals surface area contributed by atoms with Crippen LogP contribution in [-0.2, 0) is 29.1 Å². The van der Waals surface area contributed by atoms with Crippen LogP contribution in [0.25, 0.3) is 0 Å². The normalized spacial score (nSPS) is 31.3. The van der Waals surface area contributed by atoms with Crippen LogP contribution < -0.4 is 4.74 Å². The number of benzene rings is 1. The molecule has 5 fully saturated rings. The van der Waals surface area contributed by atoms with E-state index in [1.807, 2.05) is 26.8 Å². The maximum atomic E-state index is 12.8. The van der Waals surface area contributed by atoms with E-state index >= 15 is 0 Å². The first kappa shape index (κ1) is 38.3. The zero-order chi connectivity index (χ0) is 35.7. The van der Waals surface area contributed by atoms with Crippen molar-refractivity contribution in [1.82, 2.24) is 4.90 Å². The summed E-state index contributed by atoms with van der Waals surface area (Å²) in [5, 5.41) is 24.4. The summed E-state index contributed by atoms with van der Waals surface area (Å²) in [6.07, 6.45) is 5.81. The standard InChI is InChI=1S/C39H63NO9/c1-9-45-18-19-46-20-21-47-22-23-48-34(42)49-30-13-10-27(2)32(33(30)41)38-16-17-40(25-29-11-12-29)28(3)37(38)14-15-39(26-38,44-8)31(24-37)36(7,43)35(4,5)6/h10,13,28-29,31,41,43H,9,11-12,14-26H2,1-8H3/t28?,31?,36?,37-,38?,39+/m1/s1. The number of piperidine rings is 1. The molecule has 1 spiro atoms. The van der Waals surface area contributed by atoms with E-state index in [1.54, 1.807) is 13.2 Å². The molecule has 4 aliphatic carbocycles. The van der Waals surface area contributed by atoms with Crippen LogP contribution in [0.5, 0.6) is 11.5 Å². The van der Waals surface area contributed by atoms with Gasteiger partial charge in [-0.3, -0.25) is 4.90 Å². The molecule has 4 unspecified atom stereocenters. The van der Waals surface area contributed by atoms with Crippen molar-refractivity contribution in [2.75, 3.05) is 66.4 Å². The number of ether oxygens (including phenoxy) is 6. The summed E-state index contributed by atoms with van der Waals surface area (Å²) >= 11 is 0. The minimum Gasteiger partial charge on any atom is -0.504 e. The molecule has 0 aromatic heterocycles. The number of aromatic hydroxyl groups is 1. The number of likely N-dealkylation sites (tertiary alicyclic amines) is 1. The Morgan fingerprint density at radius 1 is 0.980 bits per heavy atom. The number of carbonyl (C=O) groups is 1. The molecule has 2 N–H and O–H groups in total. The van der Waals surface area contributed by atoms with Crippen LogP contribution >= 0.6 is 0 Å². The van der Waals surface area contributed by atoms with E-state index in [2.05, 4.69) is 32.6 Å². The average molecular weight is 690 g/mol. The van der Waals surface area contributed by atoms with Crippen molar-refractivity contribution in [3.63, 3.8) is 0 Å². The van der Waals surface area contributed by atoms with Gasteiger partial charge in [0.25, 0.3) is 0 Å². The number of rotatable bonds is 16. The van der Waals surface area contributed by atoms with Crippen LogP contribution in [0.15, 0.2) is 12.1 Å². The summed E-state index contributed by atoms with van der Waals surface area (Å²) in [6, 6.07) is 3.83. The third-order valence-electron chi connectivity index (χ3n) is 13.1. The molecule has 10 heteroatoms. The molecule has 5 aliphatic rings. The van der Waals surface area contributed by atoms with Crippen molar-refractivity contribution in [3.05, 3.63) is 23.3 Å². The van der Waals surface area contributed by atoms with E-state index in [-0.39, 0.29) is 47.5 Å². The quantitative estimate of drug-likeness (QED) is 0.115. The molecule has 1 aromatic carbocycles. The van der Waals surface area contributed by atoms with Gasteiger partial charge in [0, 0.05) is 43.2 Å². The molecule has 2 bridgehead atoms. The molecule has 1 aliphatic heterocycles. The lowest BCUT2D eigenvalue weighted by Gasteiger charge is -2.74. The lowest BCUT2D eigenvalue weighted by molar-refractivity contribution is -0.278. The second kappa shape index (κ2) is 15.0. The van der Waals surface area contributed by atoms with Gasteiger partial charge in [-0.05, 0) is 108 Å². The van der Waals surface area contributed by atoms with Crippen molar-refractivity contribution in [2.24, 2.45) is 22.7 Å². The number of hydrogen-bond donors (Lipinski definition) is 2. The number of nitrogens with zero attached hydrogens (tertiary/aromatic N) is 1. The highest BCUT2D eigenvalue weighted by molar-refractivity contribution is 5.67. The van der Waals surface area contributed by atoms with Crippen LogP contribution in [-0.4, -0.2) is 105 Å². The molecule has 0 amide bonds. The van der Waals surface area contributed by atoms with Gasteiger partial charge in [0.2, 0.25) is 0 Å². The average Bonchev–Trinajstić information content (AvgIpc) is 3.88. The number of fused-ring (bicyclic) bond motifs is 2. The Kier molecular flexibility index (Phi) is 11.7. The number of carbonyl (C=O) groups excluding carboxylic acids is 1. The van der Waals surface area contributed by atoms with Gasteiger partial charge >= 0.3 is 6.16 Å². The Bertz CT molecular complexity index is 1290. The second-order valence-electron chi connectivity index (χ2n) is 16.4. The highest BCUT2D eigenvalue weighted by Gasteiger charge is 2.73. The molecule has 4 saturated carbocycles. The van der Waals surface area contributed by atoms with Gasteiger partial charge in [-0.25, -0.2) is 4.79 Å². The molecule has 6 atom stereocenters. The van der Waals surface area contributed by atoms with E-state index in [0.29, 0.717) is 39.5 Å². The Balaban J connectivity index is 1.39. The summed E-state index contributed by atoms with van der Waals surface area (Å²) in [7, 11) is 1.80. The van der Waals surface area contributed by atoms with Crippen molar-refractivity contribution in [2.45, 2.75) is 116 Å². The lowest BCUT2D eigenvalue weighted by atomic mass is 9.35. The van der Waals surface area contributed by atoms with Gasteiger partial charge in [-0.15, -0.1) is 0 Å². The minimum atomic E-state index is -0.979. The van der Waals surface area contributed by atoms with E-state index in [0.717, 1.165) is 55.8 Å². The number of aliphatic hydroxyl groups is 1. The molecule has 0 radical (unpaired) electrons. The van der Waals surface area contributed by atoms with E-state index in [9.17, 15) is 15.0 Å². The van der Waals surface area contributed by atoms with Crippen LogP contribution in [0.1, 0.15) is 97.6 Å². The fourth-order valence-corrected chi connectivity index (χ4v) is 9.73. The van der Waals surface area contributed by atoms with Crippen molar-refractivity contribution < 1.29 is 43.4 Å². The fourth-order valence-electron chi connectivity index (χ4n) is 9.73. The fraction of sp³-hybridized carbons (Fsp3) is 0.821. The Labute approximate surface area is 294 Å². The van der Waals surface area contributed by atoms with E-state index < -0.39 is 22.8 Å². The van der Waals surface area contributed by atoms with Crippen molar-refractivity contribution in [1.29, 1.82) is 0 Å². The predicted octanol–water partition coefficient (Wildman–Crippen LogP) is 6.40. The van der Waals surface area contributed by atoms with Gasteiger partial charge in [0.15, 0.2) is 11.5 Å². The molecular formula is C39H63NO9. The van der Waals surface area contributed by atoms with Crippen molar-refractivity contribution >= 4 is 6.16 Å². The highest BCUT2D eigenvalue weighted by Crippen LogP contribution is 2.73. The first-order valence-electron chi connectivity index (χ1n) is 18.6. The summed E-state index contributed by atoms with van der Waals surface area (Å²) < 4.78 is 33.7. The smallest absolute Gasteiger partial charge is 0.504 e. The van der Waals surface area contributed by atoms with Crippen molar-refractivity contribution in [3.8, 4) is 11.5 Å². The maximum absolute atomic E-state index is 12.8. The van der Waals surface area contributed by atoms with Crippen LogP contribution in [0, 0.1) is 29.6 Å². The van der Waals surface area contributed by atoms with Crippen LogP contribution in [0.4, 0.5) is 4.79 Å². The Morgan fingerprint density at radius 3 is 2.24 bits per heavy atom. The van der Waals surface area contributed by atoms with Gasteiger partial charge in [-0.2, -0.15) is 0 Å². The molecule has 10 nitrogen and oxygen atoms in total. The molecule has 1 heterocycles. The Morgan fingerprint density at radius 2 is 1.63 bits per heavy atom. The summed E-state index contributed by atoms with van der Waals surface area (Å²) in [4.78, 5) is 15.5. The van der Waals surface area contributed by atoms with Gasteiger partial charge in [-0.1, -0.05) is 26.8 Å². The summed E-state index contributed by atoms with van der Waals surface area (Å²) in [5.41, 5.74) is -0.769. The first-order chi connectivity index (χ1) is 23.2. The van der Waals surface area contributed by atoms with Crippen LogP contribution in [0.3, 0.4) is 0 Å². The monoisotopic (exact) mass is 689 g/mol. The third-order valence-corrected chi connectivity index (χ3v) is 13.1. The Hall–Kier alpha value is -1.95. The van der Waals surface area contributed by atoms with E-state index in [1.165, 1.54) is 12.8 Å². The highest BCUT2D eigenvalue weighted by atomic mass is 16.7. The number of methoxy groups -OCH3 is 1. The lowest BCUT2D eigenvalue weighted by Crippen LogP contribution is -2.76. The number of hydrogen-bond acceptors (Lipinski definition) is 10. The van der Waals surface area contributed by atoms with Crippen LogP contribution in [0.2, 0.25) is 0 Å². The molecule has 1 aromatic rings. The second-order valence-corrected chi connectivity index (χ2v) is 16.4. The minimum absolute atomic E-state index is 0.00226.